The van der Waals surface area contributed by atoms with Crippen LogP contribution in [0.2, 0.25) is 0 Å². The molecule has 4 fully saturated rings. The second-order valence-corrected chi connectivity index (χ2v) is 12.8. The van der Waals surface area contributed by atoms with Gasteiger partial charge in [0.05, 0.1) is 35.9 Å². The van der Waals surface area contributed by atoms with E-state index in [-0.39, 0.29) is 38.2 Å². The van der Waals surface area contributed by atoms with E-state index in [1.165, 1.54) is 6.92 Å². The fourth-order valence-electron chi connectivity index (χ4n) is 8.80. The van der Waals surface area contributed by atoms with Crippen molar-refractivity contribution < 1.29 is 45.2 Å². The maximum absolute atomic E-state index is 12.2. The molecule has 4 aliphatic carbocycles. The van der Waals surface area contributed by atoms with E-state index in [0.29, 0.717) is 19.3 Å². The molecule has 0 aromatic carbocycles. The standard InChI is InChI=1S/C27H44O9/c1-14-22(31)18(29)12-21(35-14)36-17-6-7-23(3)16(11-17)5-8-26(33)19(23)13-20(30)24(4)25(32,15(2)28)9-10-27(24,26)34/h5,14-15,17-22,28-34H,6-13H2,1-4H3/t14-,15+,17+,18+,19-,20-,21+,22-,23+,24-,25+,26+,27-/m1/s1. The van der Waals surface area contributed by atoms with Gasteiger partial charge < -0.3 is 45.2 Å². The first kappa shape index (κ1) is 27.0. The molecule has 0 spiro atoms. The van der Waals surface area contributed by atoms with Gasteiger partial charge in [-0.15, -0.1) is 0 Å². The predicted octanol–water partition coefficient (Wildman–Crippen LogP) is 0.504. The molecule has 0 unspecified atom stereocenters. The van der Waals surface area contributed by atoms with Crippen molar-refractivity contribution in [1.82, 2.24) is 0 Å². The number of hydrogen-bond donors (Lipinski definition) is 7. The molecule has 0 aromatic rings. The highest BCUT2D eigenvalue weighted by Crippen LogP contribution is 2.70. The van der Waals surface area contributed by atoms with Crippen LogP contribution in [0.3, 0.4) is 0 Å². The summed E-state index contributed by atoms with van der Waals surface area (Å²) in [5, 5.41) is 77.8. The Kier molecular flexibility index (Phi) is 6.32. The topological polar surface area (TPSA) is 160 Å². The third-order valence-electron chi connectivity index (χ3n) is 11.4. The summed E-state index contributed by atoms with van der Waals surface area (Å²) in [6.45, 7) is 6.87. The van der Waals surface area contributed by atoms with E-state index in [0.717, 1.165) is 5.57 Å². The molecule has 9 heteroatoms. The molecule has 0 aromatic heterocycles. The van der Waals surface area contributed by atoms with Crippen molar-refractivity contribution in [2.75, 3.05) is 0 Å². The van der Waals surface area contributed by atoms with Crippen molar-refractivity contribution in [3.63, 3.8) is 0 Å². The summed E-state index contributed by atoms with van der Waals surface area (Å²) < 4.78 is 12.0. The number of hydrogen-bond acceptors (Lipinski definition) is 9. The Labute approximate surface area is 212 Å². The van der Waals surface area contributed by atoms with E-state index in [2.05, 4.69) is 6.92 Å². The summed E-state index contributed by atoms with van der Waals surface area (Å²) in [6.07, 6.45) is -0.679. The fourth-order valence-corrected chi connectivity index (χ4v) is 8.80. The first-order chi connectivity index (χ1) is 16.6. The maximum atomic E-state index is 12.2. The lowest BCUT2D eigenvalue weighted by Crippen LogP contribution is -2.78. The van der Waals surface area contributed by atoms with E-state index in [1.54, 1.807) is 13.8 Å². The number of fused-ring (bicyclic) bond motifs is 5. The van der Waals surface area contributed by atoms with Gasteiger partial charge in [-0.1, -0.05) is 25.5 Å². The minimum absolute atomic E-state index is 0.0886. The molecule has 5 aliphatic rings. The zero-order valence-electron chi connectivity index (χ0n) is 21.8. The highest BCUT2D eigenvalue weighted by Gasteiger charge is 2.80. The van der Waals surface area contributed by atoms with Gasteiger partial charge in [0, 0.05) is 12.3 Å². The van der Waals surface area contributed by atoms with Crippen molar-refractivity contribution in [3.8, 4) is 0 Å². The van der Waals surface area contributed by atoms with Gasteiger partial charge in [0.2, 0.25) is 0 Å². The van der Waals surface area contributed by atoms with E-state index in [9.17, 15) is 35.7 Å². The number of ether oxygens (including phenoxy) is 2. The van der Waals surface area contributed by atoms with Crippen molar-refractivity contribution in [1.29, 1.82) is 0 Å². The molecule has 1 saturated heterocycles. The molecule has 0 amide bonds. The Hall–Kier alpha value is -0.620. The van der Waals surface area contributed by atoms with Crippen LogP contribution < -0.4 is 0 Å². The Morgan fingerprint density at radius 1 is 1.06 bits per heavy atom. The minimum Gasteiger partial charge on any atom is -0.392 e. The minimum atomic E-state index is -1.77. The molecule has 7 N–H and O–H groups in total. The number of aliphatic hydroxyl groups is 7. The quantitative estimate of drug-likeness (QED) is 0.267. The van der Waals surface area contributed by atoms with Gasteiger partial charge in [0.1, 0.15) is 22.9 Å². The molecule has 3 saturated carbocycles. The van der Waals surface area contributed by atoms with Crippen LogP contribution in [0.15, 0.2) is 11.6 Å². The second kappa shape index (κ2) is 8.44. The molecule has 206 valence electrons. The third-order valence-corrected chi connectivity index (χ3v) is 11.4. The highest BCUT2D eigenvalue weighted by atomic mass is 16.7. The van der Waals surface area contributed by atoms with Gasteiger partial charge >= 0.3 is 0 Å². The average molecular weight is 513 g/mol. The van der Waals surface area contributed by atoms with Crippen LogP contribution in [-0.2, 0) is 9.47 Å². The summed E-state index contributed by atoms with van der Waals surface area (Å²) in [6, 6.07) is 0. The van der Waals surface area contributed by atoms with Crippen LogP contribution in [0.1, 0.15) is 79.1 Å². The van der Waals surface area contributed by atoms with Crippen molar-refractivity contribution >= 4 is 0 Å². The first-order valence-electron chi connectivity index (χ1n) is 13.5. The molecule has 5 rings (SSSR count). The van der Waals surface area contributed by atoms with Gasteiger partial charge in [-0.2, -0.15) is 0 Å². The summed E-state index contributed by atoms with van der Waals surface area (Å²) in [7, 11) is 0. The lowest BCUT2D eigenvalue weighted by molar-refractivity contribution is -0.326. The highest BCUT2D eigenvalue weighted by molar-refractivity contribution is 5.36. The van der Waals surface area contributed by atoms with Gasteiger partial charge in [-0.3, -0.25) is 0 Å². The molecule has 0 bridgehead atoms. The number of rotatable bonds is 3. The Morgan fingerprint density at radius 2 is 1.75 bits per heavy atom. The molecule has 1 aliphatic heterocycles. The maximum Gasteiger partial charge on any atom is 0.161 e. The van der Waals surface area contributed by atoms with E-state index >= 15 is 0 Å². The van der Waals surface area contributed by atoms with Crippen LogP contribution in [0.25, 0.3) is 0 Å². The summed E-state index contributed by atoms with van der Waals surface area (Å²) in [4.78, 5) is 0. The molecule has 1 heterocycles. The van der Waals surface area contributed by atoms with Gasteiger partial charge in [-0.25, -0.2) is 0 Å². The third kappa shape index (κ3) is 3.27. The summed E-state index contributed by atoms with van der Waals surface area (Å²) >= 11 is 0. The zero-order chi connectivity index (χ0) is 26.5. The normalized spacial score (nSPS) is 57.9. The smallest absolute Gasteiger partial charge is 0.161 e. The monoisotopic (exact) mass is 512 g/mol. The van der Waals surface area contributed by atoms with Gasteiger partial charge in [0.25, 0.3) is 0 Å². The van der Waals surface area contributed by atoms with Gasteiger partial charge in [-0.05, 0) is 64.2 Å². The van der Waals surface area contributed by atoms with Crippen molar-refractivity contribution in [3.05, 3.63) is 11.6 Å². The summed E-state index contributed by atoms with van der Waals surface area (Å²) in [5.74, 6) is -0.432. The number of aliphatic hydroxyl groups excluding tert-OH is 4. The molecular weight excluding hydrogens is 468 g/mol. The average Bonchev–Trinajstić information content (AvgIpc) is 3.04. The molecular formula is C27H44O9. The van der Waals surface area contributed by atoms with Crippen LogP contribution in [0, 0.1) is 16.7 Å². The predicted molar refractivity (Wildman–Crippen MR) is 128 cm³/mol. The van der Waals surface area contributed by atoms with Crippen LogP contribution in [-0.4, -0.2) is 95.5 Å². The molecule has 13 atom stereocenters. The van der Waals surface area contributed by atoms with E-state index < -0.39 is 70.4 Å². The van der Waals surface area contributed by atoms with Crippen molar-refractivity contribution in [2.45, 2.75) is 139 Å². The van der Waals surface area contributed by atoms with Crippen molar-refractivity contribution in [2.24, 2.45) is 16.7 Å². The SMILES string of the molecule is C[C@H](O)[C@@]1(O)CC[C@@]2(O)[C@]1(C)[C@H](O)C[C@@H]1[C@@]3(C)CC[C@H](O[C@H]4C[C@H](O)[C@H](O)[C@@H](C)O4)CC3=CC[C@]12O. The second-order valence-electron chi connectivity index (χ2n) is 12.8. The van der Waals surface area contributed by atoms with Gasteiger partial charge in [0.15, 0.2) is 6.29 Å². The zero-order valence-corrected chi connectivity index (χ0v) is 21.8. The van der Waals surface area contributed by atoms with Crippen LogP contribution >= 0.6 is 0 Å². The Balaban J connectivity index is 1.41. The fraction of sp³-hybridized carbons (Fsp3) is 0.926. The Bertz CT molecular complexity index is 898. The lowest BCUT2D eigenvalue weighted by atomic mass is 9.42. The molecule has 9 nitrogen and oxygen atoms in total. The lowest BCUT2D eigenvalue weighted by Gasteiger charge is -2.67. The first-order valence-corrected chi connectivity index (χ1v) is 13.5. The summed E-state index contributed by atoms with van der Waals surface area (Å²) in [5.41, 5.74) is -5.90. The van der Waals surface area contributed by atoms with Crippen LogP contribution in [0.4, 0.5) is 0 Å². The molecule has 0 radical (unpaired) electrons. The van der Waals surface area contributed by atoms with Crippen LogP contribution in [0.5, 0.6) is 0 Å². The largest absolute Gasteiger partial charge is 0.392 e. The Morgan fingerprint density at radius 3 is 2.39 bits per heavy atom. The van der Waals surface area contributed by atoms with E-state index in [4.69, 9.17) is 9.47 Å². The van der Waals surface area contributed by atoms with E-state index in [1.807, 2.05) is 6.08 Å². The molecule has 36 heavy (non-hydrogen) atoms.